The lowest BCUT2D eigenvalue weighted by Gasteiger charge is -2.18. The summed E-state index contributed by atoms with van der Waals surface area (Å²) in [5.74, 6) is -0.0184. The molecule has 0 spiro atoms. The van der Waals surface area contributed by atoms with Crippen LogP contribution in [0.3, 0.4) is 0 Å². The van der Waals surface area contributed by atoms with Crippen LogP contribution in [0.1, 0.15) is 27.7 Å². The number of hydrogen-bond donors (Lipinski definition) is 1. The first-order chi connectivity index (χ1) is 6.97. The number of rotatable bonds is 2. The van der Waals surface area contributed by atoms with Gasteiger partial charge in [0.1, 0.15) is 6.04 Å². The van der Waals surface area contributed by atoms with Gasteiger partial charge in [-0.05, 0) is 26.7 Å². The Bertz CT molecular complexity index is 285. The Morgan fingerprint density at radius 3 is 2.40 bits per heavy atom. The van der Waals surface area contributed by atoms with Gasteiger partial charge in [-0.1, -0.05) is 6.92 Å². The molecule has 0 aliphatic carbocycles. The fourth-order valence-corrected chi connectivity index (χ4v) is 2.06. The minimum atomic E-state index is -0.437. The third-order valence-electron chi connectivity index (χ3n) is 3.10. The van der Waals surface area contributed by atoms with Crippen molar-refractivity contribution < 1.29 is 9.53 Å². The maximum atomic E-state index is 11.8. The highest BCUT2D eigenvalue weighted by atomic mass is 16.5. The molecule has 1 rings (SSSR count). The number of carbonyl (C=O) groups is 1. The Hall–Kier alpha value is -1.08. The summed E-state index contributed by atoms with van der Waals surface area (Å²) < 4.78 is 5.58. The number of ether oxygens (including phenoxy) is 1. The van der Waals surface area contributed by atoms with Gasteiger partial charge in [-0.15, -0.1) is 0 Å². The highest BCUT2D eigenvalue weighted by Gasteiger charge is 2.41. The zero-order valence-corrected chi connectivity index (χ0v) is 9.65. The second-order valence-corrected chi connectivity index (χ2v) is 4.29. The van der Waals surface area contributed by atoms with Crippen molar-refractivity contribution in [1.82, 2.24) is 5.32 Å². The van der Waals surface area contributed by atoms with E-state index in [9.17, 15) is 4.79 Å². The molecule has 0 saturated carbocycles. The Morgan fingerprint density at radius 1 is 1.40 bits per heavy atom. The molecule has 4 nitrogen and oxygen atoms in total. The van der Waals surface area contributed by atoms with E-state index in [1.54, 1.807) is 6.92 Å². The zero-order valence-electron chi connectivity index (χ0n) is 9.65. The van der Waals surface area contributed by atoms with Gasteiger partial charge < -0.3 is 10.1 Å². The molecule has 5 atom stereocenters. The second-order valence-electron chi connectivity index (χ2n) is 4.29. The summed E-state index contributed by atoms with van der Waals surface area (Å²) in [6.45, 7) is 7.56. The Labute approximate surface area is 90.6 Å². The van der Waals surface area contributed by atoms with Gasteiger partial charge in [-0.3, -0.25) is 4.79 Å². The van der Waals surface area contributed by atoms with E-state index in [0.717, 1.165) is 0 Å². The summed E-state index contributed by atoms with van der Waals surface area (Å²) in [7, 11) is 0. The molecule has 0 aromatic heterocycles. The molecule has 0 bridgehead atoms. The van der Waals surface area contributed by atoms with Crippen molar-refractivity contribution in [2.75, 3.05) is 0 Å². The van der Waals surface area contributed by atoms with Crippen LogP contribution in [-0.4, -0.2) is 24.2 Å². The van der Waals surface area contributed by atoms with Crippen molar-refractivity contribution >= 4 is 5.91 Å². The van der Waals surface area contributed by atoms with E-state index >= 15 is 0 Å². The number of nitrogens with zero attached hydrogens (tertiary/aromatic N) is 1. The summed E-state index contributed by atoms with van der Waals surface area (Å²) in [6, 6.07) is 1.55. The molecule has 0 aromatic carbocycles. The Kier molecular flexibility index (Phi) is 3.70. The molecule has 1 heterocycles. The van der Waals surface area contributed by atoms with Crippen LogP contribution in [0.5, 0.6) is 0 Å². The van der Waals surface area contributed by atoms with E-state index < -0.39 is 6.04 Å². The van der Waals surface area contributed by atoms with Crippen LogP contribution >= 0.6 is 0 Å². The van der Waals surface area contributed by atoms with E-state index in [0.29, 0.717) is 0 Å². The van der Waals surface area contributed by atoms with Gasteiger partial charge in [0.2, 0.25) is 5.91 Å². The minimum Gasteiger partial charge on any atom is -0.374 e. The molecule has 15 heavy (non-hydrogen) atoms. The highest BCUT2D eigenvalue weighted by Crippen LogP contribution is 2.32. The molecule has 1 fully saturated rings. The van der Waals surface area contributed by atoms with Gasteiger partial charge in [0.05, 0.1) is 24.2 Å². The molecular formula is C11H18N2O2. The Morgan fingerprint density at radius 2 is 2.00 bits per heavy atom. The van der Waals surface area contributed by atoms with Gasteiger partial charge >= 0.3 is 0 Å². The average Bonchev–Trinajstić information content (AvgIpc) is 2.41. The molecule has 1 aliphatic rings. The maximum absolute atomic E-state index is 11.8. The molecule has 1 amide bonds. The first kappa shape index (κ1) is 12.0. The van der Waals surface area contributed by atoms with Crippen molar-refractivity contribution in [1.29, 1.82) is 5.26 Å². The molecule has 1 saturated heterocycles. The molecule has 5 unspecified atom stereocenters. The van der Waals surface area contributed by atoms with Crippen LogP contribution in [-0.2, 0) is 9.53 Å². The lowest BCUT2D eigenvalue weighted by molar-refractivity contribution is -0.127. The smallest absolute Gasteiger partial charge is 0.227 e. The van der Waals surface area contributed by atoms with Crippen LogP contribution in [0.25, 0.3) is 0 Å². The van der Waals surface area contributed by atoms with Gasteiger partial charge in [0.15, 0.2) is 0 Å². The first-order valence-electron chi connectivity index (χ1n) is 5.32. The van der Waals surface area contributed by atoms with Crippen LogP contribution in [0.15, 0.2) is 0 Å². The lowest BCUT2D eigenvalue weighted by atomic mass is 9.88. The lowest BCUT2D eigenvalue weighted by Crippen LogP contribution is -2.41. The fraction of sp³-hybridized carbons (Fsp3) is 0.818. The van der Waals surface area contributed by atoms with E-state index in [-0.39, 0.29) is 30.0 Å². The monoisotopic (exact) mass is 210 g/mol. The van der Waals surface area contributed by atoms with Crippen molar-refractivity contribution in [3.05, 3.63) is 0 Å². The quantitative estimate of drug-likeness (QED) is 0.741. The second kappa shape index (κ2) is 4.63. The topological polar surface area (TPSA) is 62.1 Å². The third-order valence-corrected chi connectivity index (χ3v) is 3.10. The van der Waals surface area contributed by atoms with Crippen LogP contribution < -0.4 is 5.32 Å². The molecule has 84 valence electrons. The number of hydrogen-bond acceptors (Lipinski definition) is 3. The van der Waals surface area contributed by atoms with Gasteiger partial charge in [-0.2, -0.15) is 5.26 Å². The SMILES string of the molecule is CC(C#N)NC(=O)C1C(C)OC(C)C1C. The summed E-state index contributed by atoms with van der Waals surface area (Å²) in [5, 5.41) is 11.3. The van der Waals surface area contributed by atoms with E-state index in [1.165, 1.54) is 0 Å². The normalized spacial score (nSPS) is 37.0. The molecule has 1 N–H and O–H groups in total. The predicted octanol–water partition coefficient (Wildman–Crippen LogP) is 1.07. The van der Waals surface area contributed by atoms with E-state index in [1.807, 2.05) is 26.8 Å². The van der Waals surface area contributed by atoms with Gasteiger partial charge in [0, 0.05) is 0 Å². The van der Waals surface area contributed by atoms with Crippen LogP contribution in [0.2, 0.25) is 0 Å². The van der Waals surface area contributed by atoms with Crippen LogP contribution in [0, 0.1) is 23.2 Å². The zero-order chi connectivity index (χ0) is 11.6. The summed E-state index contributed by atoms with van der Waals surface area (Å²) in [4.78, 5) is 11.8. The molecule has 1 aliphatic heterocycles. The summed E-state index contributed by atoms with van der Waals surface area (Å²) in [5.41, 5.74) is 0. The Balaban J connectivity index is 2.64. The van der Waals surface area contributed by atoms with Crippen LogP contribution in [0.4, 0.5) is 0 Å². The number of amides is 1. The fourth-order valence-electron chi connectivity index (χ4n) is 2.06. The van der Waals surface area contributed by atoms with Crippen molar-refractivity contribution in [3.63, 3.8) is 0 Å². The molecule has 0 aromatic rings. The number of nitriles is 1. The highest BCUT2D eigenvalue weighted by molar-refractivity contribution is 5.80. The maximum Gasteiger partial charge on any atom is 0.227 e. The van der Waals surface area contributed by atoms with E-state index in [4.69, 9.17) is 10.00 Å². The van der Waals surface area contributed by atoms with Crippen molar-refractivity contribution in [2.45, 2.75) is 45.9 Å². The van der Waals surface area contributed by atoms with Crippen molar-refractivity contribution in [2.24, 2.45) is 11.8 Å². The van der Waals surface area contributed by atoms with E-state index in [2.05, 4.69) is 5.32 Å². The molecule has 0 radical (unpaired) electrons. The summed E-state index contributed by atoms with van der Waals surface area (Å²) in [6.07, 6.45) is 0.0361. The largest absolute Gasteiger partial charge is 0.374 e. The van der Waals surface area contributed by atoms with Gasteiger partial charge in [-0.25, -0.2) is 0 Å². The standard InChI is InChI=1S/C11H18N2O2/c1-6(5-12)13-11(14)10-7(2)8(3)15-9(10)4/h6-10H,1-4H3,(H,13,14). The van der Waals surface area contributed by atoms with Crippen molar-refractivity contribution in [3.8, 4) is 6.07 Å². The molecular weight excluding hydrogens is 192 g/mol. The summed E-state index contributed by atoms with van der Waals surface area (Å²) >= 11 is 0. The average molecular weight is 210 g/mol. The number of nitrogens with one attached hydrogen (secondary N) is 1. The van der Waals surface area contributed by atoms with Gasteiger partial charge in [0.25, 0.3) is 0 Å². The molecule has 4 heteroatoms. The minimum absolute atomic E-state index is 0.0686. The third kappa shape index (κ3) is 2.48. The predicted molar refractivity (Wildman–Crippen MR) is 55.9 cm³/mol. The first-order valence-corrected chi connectivity index (χ1v) is 5.32. The number of carbonyl (C=O) groups excluding carboxylic acids is 1.